The van der Waals surface area contributed by atoms with Crippen LogP contribution in [0.4, 0.5) is 13.2 Å². The number of hydrogen-bond acceptors (Lipinski definition) is 1. The van der Waals surface area contributed by atoms with E-state index in [0.29, 0.717) is 17.9 Å². The molecule has 0 radical (unpaired) electrons. The molecule has 0 aliphatic carbocycles. The van der Waals surface area contributed by atoms with Gasteiger partial charge in [0.25, 0.3) is 0 Å². The first-order valence-corrected chi connectivity index (χ1v) is 7.05. The van der Waals surface area contributed by atoms with Crippen LogP contribution >= 0.6 is 0 Å². The van der Waals surface area contributed by atoms with Gasteiger partial charge in [0.15, 0.2) is 5.69 Å². The quantitative estimate of drug-likeness (QED) is 0.793. The summed E-state index contributed by atoms with van der Waals surface area (Å²) < 4.78 is 40.2. The first-order chi connectivity index (χ1) is 9.81. The Kier molecular flexibility index (Phi) is 4.40. The molecular formula is C16H19F3N2. The molecule has 0 spiro atoms. The molecule has 1 heterocycles. The van der Waals surface area contributed by atoms with E-state index in [1.165, 1.54) is 0 Å². The van der Waals surface area contributed by atoms with Gasteiger partial charge in [0.05, 0.1) is 0 Å². The minimum atomic E-state index is -4.42. The van der Waals surface area contributed by atoms with E-state index >= 15 is 0 Å². The summed E-state index contributed by atoms with van der Waals surface area (Å²) in [6.07, 6.45) is -2.42. The lowest BCUT2D eigenvalue weighted by Gasteiger charge is -2.10. The molecule has 0 unspecified atom stereocenters. The Morgan fingerprint density at radius 1 is 1.14 bits per heavy atom. The van der Waals surface area contributed by atoms with Crippen molar-refractivity contribution in [3.05, 3.63) is 41.7 Å². The van der Waals surface area contributed by atoms with Crippen LogP contribution in [0, 0.1) is 5.92 Å². The summed E-state index contributed by atoms with van der Waals surface area (Å²) in [5.74, 6) is 0.618. The SMILES string of the molecule is CCc1ccc(-c2nc(C(F)(F)F)cn2CC(C)C)cc1. The Balaban J connectivity index is 2.46. The fraction of sp³-hybridized carbons (Fsp3) is 0.438. The van der Waals surface area contributed by atoms with Crippen LogP contribution in [0.1, 0.15) is 32.0 Å². The van der Waals surface area contributed by atoms with E-state index in [4.69, 9.17) is 0 Å². The minimum Gasteiger partial charge on any atom is -0.330 e. The first kappa shape index (κ1) is 15.6. The van der Waals surface area contributed by atoms with Gasteiger partial charge in [0.2, 0.25) is 0 Å². The van der Waals surface area contributed by atoms with E-state index in [2.05, 4.69) is 4.98 Å². The summed E-state index contributed by atoms with van der Waals surface area (Å²) in [5.41, 5.74) is 1.03. The van der Waals surface area contributed by atoms with Crippen LogP contribution < -0.4 is 0 Å². The maximum Gasteiger partial charge on any atom is 0.434 e. The monoisotopic (exact) mass is 296 g/mol. The van der Waals surface area contributed by atoms with Crippen molar-refractivity contribution in [1.29, 1.82) is 0 Å². The van der Waals surface area contributed by atoms with Crippen molar-refractivity contribution in [2.24, 2.45) is 5.92 Å². The predicted molar refractivity (Wildman–Crippen MR) is 76.9 cm³/mol. The number of hydrogen-bond donors (Lipinski definition) is 0. The molecule has 0 saturated heterocycles. The second kappa shape index (κ2) is 5.92. The third-order valence-corrected chi connectivity index (χ3v) is 3.25. The maximum atomic E-state index is 12.9. The van der Waals surface area contributed by atoms with Gasteiger partial charge in [-0.2, -0.15) is 13.2 Å². The highest BCUT2D eigenvalue weighted by molar-refractivity contribution is 5.56. The first-order valence-electron chi connectivity index (χ1n) is 7.05. The van der Waals surface area contributed by atoms with Gasteiger partial charge >= 0.3 is 6.18 Å². The molecule has 0 atom stereocenters. The number of halogens is 3. The molecule has 114 valence electrons. The molecule has 0 N–H and O–H groups in total. The lowest BCUT2D eigenvalue weighted by atomic mass is 10.1. The van der Waals surface area contributed by atoms with Crippen LogP contribution in [0.2, 0.25) is 0 Å². The van der Waals surface area contributed by atoms with Crippen molar-refractivity contribution in [1.82, 2.24) is 9.55 Å². The zero-order valence-corrected chi connectivity index (χ0v) is 12.4. The smallest absolute Gasteiger partial charge is 0.330 e. The lowest BCUT2D eigenvalue weighted by molar-refractivity contribution is -0.140. The molecule has 0 aliphatic heterocycles. The van der Waals surface area contributed by atoms with Crippen LogP contribution in [-0.4, -0.2) is 9.55 Å². The lowest BCUT2D eigenvalue weighted by Crippen LogP contribution is -2.06. The van der Waals surface area contributed by atoms with Gasteiger partial charge in [0.1, 0.15) is 5.82 Å². The van der Waals surface area contributed by atoms with Crippen molar-refractivity contribution in [3.8, 4) is 11.4 Å². The second-order valence-corrected chi connectivity index (χ2v) is 5.54. The van der Waals surface area contributed by atoms with E-state index in [9.17, 15) is 13.2 Å². The zero-order chi connectivity index (χ0) is 15.6. The van der Waals surface area contributed by atoms with Crippen molar-refractivity contribution < 1.29 is 13.2 Å². The Labute approximate surface area is 122 Å². The van der Waals surface area contributed by atoms with E-state index in [1.807, 2.05) is 45.0 Å². The van der Waals surface area contributed by atoms with E-state index < -0.39 is 11.9 Å². The topological polar surface area (TPSA) is 17.8 Å². The highest BCUT2D eigenvalue weighted by Crippen LogP contribution is 2.31. The van der Waals surface area contributed by atoms with Crippen molar-refractivity contribution in [2.75, 3.05) is 0 Å². The molecule has 0 aliphatic rings. The van der Waals surface area contributed by atoms with Crippen molar-refractivity contribution in [2.45, 2.75) is 39.9 Å². The number of alkyl halides is 3. The number of benzene rings is 1. The van der Waals surface area contributed by atoms with Gasteiger partial charge in [0, 0.05) is 18.3 Å². The summed E-state index contributed by atoms with van der Waals surface area (Å²) in [4.78, 5) is 3.80. The Hall–Kier alpha value is -1.78. The average Bonchev–Trinajstić information content (AvgIpc) is 2.82. The van der Waals surface area contributed by atoms with Crippen molar-refractivity contribution in [3.63, 3.8) is 0 Å². The van der Waals surface area contributed by atoms with Gasteiger partial charge in [-0.05, 0) is 17.9 Å². The number of nitrogens with zero attached hydrogens (tertiary/aromatic N) is 2. The average molecular weight is 296 g/mol. The van der Waals surface area contributed by atoms with Crippen LogP contribution in [0.15, 0.2) is 30.5 Å². The minimum absolute atomic E-state index is 0.244. The Bertz CT molecular complexity index is 595. The van der Waals surface area contributed by atoms with Crippen LogP contribution in [-0.2, 0) is 19.1 Å². The third kappa shape index (κ3) is 3.65. The molecule has 1 aromatic heterocycles. The van der Waals surface area contributed by atoms with E-state index in [1.54, 1.807) is 4.57 Å². The van der Waals surface area contributed by atoms with E-state index in [0.717, 1.165) is 18.2 Å². The Morgan fingerprint density at radius 3 is 2.24 bits per heavy atom. The zero-order valence-electron chi connectivity index (χ0n) is 12.4. The highest BCUT2D eigenvalue weighted by Gasteiger charge is 2.35. The molecule has 0 saturated carbocycles. The number of aryl methyl sites for hydroxylation is 1. The van der Waals surface area contributed by atoms with Crippen LogP contribution in [0.3, 0.4) is 0 Å². The van der Waals surface area contributed by atoms with Crippen LogP contribution in [0.25, 0.3) is 11.4 Å². The highest BCUT2D eigenvalue weighted by atomic mass is 19.4. The molecule has 0 amide bonds. The molecule has 0 bridgehead atoms. The standard InChI is InChI=1S/C16H19F3N2/c1-4-12-5-7-13(8-6-12)15-20-14(16(17,18)19)10-21(15)9-11(2)3/h5-8,10-11H,4,9H2,1-3H3. The van der Waals surface area contributed by atoms with Gasteiger partial charge in [-0.25, -0.2) is 4.98 Å². The number of imidazole rings is 1. The molecule has 1 aromatic carbocycles. The van der Waals surface area contributed by atoms with Gasteiger partial charge in [-0.3, -0.25) is 0 Å². The van der Waals surface area contributed by atoms with Gasteiger partial charge < -0.3 is 4.57 Å². The predicted octanol–water partition coefficient (Wildman–Crippen LogP) is 4.79. The second-order valence-electron chi connectivity index (χ2n) is 5.54. The van der Waals surface area contributed by atoms with Gasteiger partial charge in [-0.1, -0.05) is 45.0 Å². The molecule has 2 rings (SSSR count). The normalized spacial score (nSPS) is 12.1. The number of aromatic nitrogens is 2. The Morgan fingerprint density at radius 2 is 1.76 bits per heavy atom. The maximum absolute atomic E-state index is 12.9. The molecule has 0 fully saturated rings. The van der Waals surface area contributed by atoms with E-state index in [-0.39, 0.29) is 5.92 Å². The van der Waals surface area contributed by atoms with Crippen molar-refractivity contribution >= 4 is 0 Å². The summed E-state index contributed by atoms with van der Waals surface area (Å²) in [5, 5.41) is 0. The summed E-state index contributed by atoms with van der Waals surface area (Å²) >= 11 is 0. The fourth-order valence-corrected chi connectivity index (χ4v) is 2.20. The molecule has 21 heavy (non-hydrogen) atoms. The molecular weight excluding hydrogens is 277 g/mol. The summed E-state index contributed by atoms with van der Waals surface area (Å²) in [6, 6.07) is 7.52. The summed E-state index contributed by atoms with van der Waals surface area (Å²) in [7, 11) is 0. The largest absolute Gasteiger partial charge is 0.434 e. The van der Waals surface area contributed by atoms with Crippen LogP contribution in [0.5, 0.6) is 0 Å². The molecule has 2 nitrogen and oxygen atoms in total. The summed E-state index contributed by atoms with van der Waals surface area (Å²) in [6.45, 7) is 6.48. The number of rotatable bonds is 4. The third-order valence-electron chi connectivity index (χ3n) is 3.25. The molecule has 2 aromatic rings. The van der Waals surface area contributed by atoms with Gasteiger partial charge in [-0.15, -0.1) is 0 Å². The fourth-order valence-electron chi connectivity index (χ4n) is 2.20. The molecule has 5 heteroatoms.